The summed E-state index contributed by atoms with van der Waals surface area (Å²) in [7, 11) is 0. The molecule has 2 rings (SSSR count). The van der Waals surface area contributed by atoms with Gasteiger partial charge in [0, 0.05) is 18.8 Å². The minimum atomic E-state index is -0.452. The van der Waals surface area contributed by atoms with E-state index >= 15 is 0 Å². The summed E-state index contributed by atoms with van der Waals surface area (Å²) in [6, 6.07) is 6.69. The molecular formula is C14H19N3O3. The van der Waals surface area contributed by atoms with Crippen LogP contribution in [-0.2, 0) is 9.59 Å². The van der Waals surface area contributed by atoms with Crippen LogP contribution < -0.4 is 20.7 Å². The van der Waals surface area contributed by atoms with Gasteiger partial charge in [0.25, 0.3) is 0 Å². The molecule has 1 aromatic carbocycles. The molecule has 0 radical (unpaired) electrons. The Kier molecular flexibility index (Phi) is 4.95. The lowest BCUT2D eigenvalue weighted by atomic mass is 10.1. The standard InChI is InChI=1S/C14H19N3O3/c1-2-20-11-5-3-10(4-6-11)17-13(18)9-12-14(19)16-8-7-15-12/h3-6,12,15H,2,7-9H2,1H3,(H,16,19)(H,17,18)/t12-/m0/s1. The predicted molar refractivity (Wildman–Crippen MR) is 75.7 cm³/mol. The van der Waals surface area contributed by atoms with Gasteiger partial charge in [-0.1, -0.05) is 0 Å². The van der Waals surface area contributed by atoms with Crippen LogP contribution in [0.25, 0.3) is 0 Å². The highest BCUT2D eigenvalue weighted by atomic mass is 16.5. The SMILES string of the molecule is CCOc1ccc(NC(=O)C[C@@H]2NCCNC2=O)cc1. The number of ether oxygens (including phenoxy) is 1. The third kappa shape index (κ3) is 3.96. The van der Waals surface area contributed by atoms with Crippen LogP contribution in [-0.4, -0.2) is 37.6 Å². The van der Waals surface area contributed by atoms with Crippen LogP contribution in [0.3, 0.4) is 0 Å². The number of amides is 2. The van der Waals surface area contributed by atoms with Gasteiger partial charge in [0.1, 0.15) is 5.75 Å². The number of carbonyl (C=O) groups is 2. The van der Waals surface area contributed by atoms with Gasteiger partial charge in [-0.25, -0.2) is 0 Å². The Balaban J connectivity index is 1.85. The van der Waals surface area contributed by atoms with Crippen molar-refractivity contribution < 1.29 is 14.3 Å². The Hall–Kier alpha value is -2.08. The van der Waals surface area contributed by atoms with E-state index in [1.54, 1.807) is 24.3 Å². The quantitative estimate of drug-likeness (QED) is 0.732. The van der Waals surface area contributed by atoms with E-state index in [0.717, 1.165) is 5.75 Å². The monoisotopic (exact) mass is 277 g/mol. The van der Waals surface area contributed by atoms with Crippen LogP contribution in [0, 0.1) is 0 Å². The van der Waals surface area contributed by atoms with Gasteiger partial charge in [-0.15, -0.1) is 0 Å². The van der Waals surface area contributed by atoms with Crippen LogP contribution in [0.5, 0.6) is 5.75 Å². The van der Waals surface area contributed by atoms with Crippen molar-refractivity contribution in [1.82, 2.24) is 10.6 Å². The zero-order chi connectivity index (χ0) is 14.4. The molecule has 1 aromatic rings. The Morgan fingerprint density at radius 2 is 2.10 bits per heavy atom. The second-order valence-corrected chi connectivity index (χ2v) is 4.51. The summed E-state index contributed by atoms with van der Waals surface area (Å²) < 4.78 is 5.33. The van der Waals surface area contributed by atoms with Crippen molar-refractivity contribution in [3.8, 4) is 5.75 Å². The number of rotatable bonds is 5. The minimum Gasteiger partial charge on any atom is -0.494 e. The molecule has 1 fully saturated rings. The van der Waals surface area contributed by atoms with E-state index < -0.39 is 6.04 Å². The highest BCUT2D eigenvalue weighted by Gasteiger charge is 2.23. The summed E-state index contributed by atoms with van der Waals surface area (Å²) in [5.41, 5.74) is 0.690. The molecule has 20 heavy (non-hydrogen) atoms. The topological polar surface area (TPSA) is 79.5 Å². The van der Waals surface area contributed by atoms with Gasteiger partial charge in [-0.2, -0.15) is 0 Å². The molecule has 2 amide bonds. The van der Waals surface area contributed by atoms with Gasteiger partial charge in [-0.3, -0.25) is 9.59 Å². The fraction of sp³-hybridized carbons (Fsp3) is 0.429. The zero-order valence-corrected chi connectivity index (χ0v) is 11.4. The van der Waals surface area contributed by atoms with E-state index in [1.807, 2.05) is 6.92 Å². The molecule has 1 aliphatic heterocycles. The van der Waals surface area contributed by atoms with Gasteiger partial charge in [0.05, 0.1) is 19.1 Å². The maximum absolute atomic E-state index is 11.9. The zero-order valence-electron chi connectivity index (χ0n) is 11.4. The van der Waals surface area contributed by atoms with Crippen molar-refractivity contribution in [2.75, 3.05) is 25.0 Å². The first kappa shape index (κ1) is 14.3. The molecule has 1 saturated heterocycles. The van der Waals surface area contributed by atoms with Gasteiger partial charge in [0.2, 0.25) is 11.8 Å². The summed E-state index contributed by atoms with van der Waals surface area (Å²) in [6.45, 7) is 3.81. The molecule has 3 N–H and O–H groups in total. The number of anilines is 1. The molecule has 108 valence electrons. The first-order valence-electron chi connectivity index (χ1n) is 6.73. The van der Waals surface area contributed by atoms with Crippen LogP contribution >= 0.6 is 0 Å². The third-order valence-corrected chi connectivity index (χ3v) is 2.97. The maximum atomic E-state index is 11.9. The summed E-state index contributed by atoms with van der Waals surface area (Å²) in [6.07, 6.45) is 0.124. The fourth-order valence-electron chi connectivity index (χ4n) is 2.01. The molecule has 0 saturated carbocycles. The van der Waals surface area contributed by atoms with Crippen LogP contribution in [0.1, 0.15) is 13.3 Å². The molecule has 1 aliphatic rings. The Bertz CT molecular complexity index is 473. The van der Waals surface area contributed by atoms with Gasteiger partial charge in [0.15, 0.2) is 0 Å². The summed E-state index contributed by atoms with van der Waals surface area (Å²) in [5, 5.41) is 8.51. The molecule has 6 nitrogen and oxygen atoms in total. The largest absolute Gasteiger partial charge is 0.494 e. The van der Waals surface area contributed by atoms with Gasteiger partial charge in [-0.05, 0) is 31.2 Å². The summed E-state index contributed by atoms with van der Waals surface area (Å²) in [5.74, 6) is 0.445. The number of piperazine rings is 1. The lowest BCUT2D eigenvalue weighted by molar-refractivity contribution is -0.127. The van der Waals surface area contributed by atoms with Crippen molar-refractivity contribution in [1.29, 1.82) is 0 Å². The molecule has 0 aromatic heterocycles. The lowest BCUT2D eigenvalue weighted by Gasteiger charge is -2.22. The highest BCUT2D eigenvalue weighted by molar-refractivity contribution is 5.95. The number of nitrogens with one attached hydrogen (secondary N) is 3. The van der Waals surface area contributed by atoms with Crippen LogP contribution in [0.4, 0.5) is 5.69 Å². The van der Waals surface area contributed by atoms with Crippen molar-refractivity contribution in [3.63, 3.8) is 0 Å². The first-order valence-corrected chi connectivity index (χ1v) is 6.73. The molecule has 1 heterocycles. The summed E-state index contributed by atoms with van der Waals surface area (Å²) in [4.78, 5) is 23.4. The van der Waals surface area contributed by atoms with E-state index in [0.29, 0.717) is 25.4 Å². The van der Waals surface area contributed by atoms with Crippen molar-refractivity contribution in [2.24, 2.45) is 0 Å². The molecule has 0 spiro atoms. The second-order valence-electron chi connectivity index (χ2n) is 4.51. The molecule has 6 heteroatoms. The minimum absolute atomic E-state index is 0.124. The average molecular weight is 277 g/mol. The Morgan fingerprint density at radius 1 is 1.35 bits per heavy atom. The number of benzene rings is 1. The van der Waals surface area contributed by atoms with E-state index in [9.17, 15) is 9.59 Å². The van der Waals surface area contributed by atoms with Crippen molar-refractivity contribution in [2.45, 2.75) is 19.4 Å². The number of carbonyl (C=O) groups excluding carboxylic acids is 2. The molecule has 0 bridgehead atoms. The van der Waals surface area contributed by atoms with Gasteiger partial charge < -0.3 is 20.7 Å². The first-order chi connectivity index (χ1) is 9.69. The molecule has 1 atom stereocenters. The number of hydrogen-bond acceptors (Lipinski definition) is 4. The van der Waals surface area contributed by atoms with Crippen molar-refractivity contribution >= 4 is 17.5 Å². The molecule has 0 aliphatic carbocycles. The Morgan fingerprint density at radius 3 is 2.75 bits per heavy atom. The lowest BCUT2D eigenvalue weighted by Crippen LogP contribution is -2.53. The van der Waals surface area contributed by atoms with E-state index in [2.05, 4.69) is 16.0 Å². The Labute approximate surface area is 117 Å². The second kappa shape index (κ2) is 6.91. The molecular weight excluding hydrogens is 258 g/mol. The average Bonchev–Trinajstić information content (AvgIpc) is 2.44. The molecule has 0 unspecified atom stereocenters. The fourth-order valence-corrected chi connectivity index (χ4v) is 2.01. The van der Waals surface area contributed by atoms with Crippen LogP contribution in [0.2, 0.25) is 0 Å². The normalized spacial score (nSPS) is 18.2. The van der Waals surface area contributed by atoms with E-state index in [1.165, 1.54) is 0 Å². The van der Waals surface area contributed by atoms with E-state index in [4.69, 9.17) is 4.74 Å². The smallest absolute Gasteiger partial charge is 0.237 e. The number of hydrogen-bond donors (Lipinski definition) is 3. The van der Waals surface area contributed by atoms with E-state index in [-0.39, 0.29) is 18.2 Å². The van der Waals surface area contributed by atoms with Crippen molar-refractivity contribution in [3.05, 3.63) is 24.3 Å². The predicted octanol–water partition coefficient (Wildman–Crippen LogP) is 0.502. The van der Waals surface area contributed by atoms with Gasteiger partial charge >= 0.3 is 0 Å². The third-order valence-electron chi connectivity index (χ3n) is 2.97. The maximum Gasteiger partial charge on any atom is 0.237 e. The summed E-state index contributed by atoms with van der Waals surface area (Å²) >= 11 is 0. The van der Waals surface area contributed by atoms with Crippen LogP contribution in [0.15, 0.2) is 24.3 Å². The highest BCUT2D eigenvalue weighted by Crippen LogP contribution is 2.15.